The highest BCUT2D eigenvalue weighted by molar-refractivity contribution is 7.99. The molecule has 0 aromatic heterocycles. The first-order valence-corrected chi connectivity index (χ1v) is 9.81. The van der Waals surface area contributed by atoms with Crippen molar-refractivity contribution >= 4 is 11.8 Å². The van der Waals surface area contributed by atoms with Crippen molar-refractivity contribution in [2.75, 3.05) is 12.8 Å². The minimum Gasteiger partial charge on any atom is -0.312 e. The van der Waals surface area contributed by atoms with Gasteiger partial charge in [0, 0.05) is 17.0 Å². The van der Waals surface area contributed by atoms with E-state index in [1.54, 1.807) is 11.1 Å². The molecule has 0 heterocycles. The molecule has 0 spiro atoms. The van der Waals surface area contributed by atoms with Crippen LogP contribution < -0.4 is 5.32 Å². The Morgan fingerprint density at radius 1 is 1.05 bits per heavy atom. The summed E-state index contributed by atoms with van der Waals surface area (Å²) < 4.78 is 0. The molecule has 1 N–H and O–H groups in total. The highest BCUT2D eigenvalue weighted by Crippen LogP contribution is 2.40. The maximum Gasteiger partial charge on any atom is 0.0412 e. The first kappa shape index (κ1) is 15.4. The molecule has 0 radical (unpaired) electrons. The Bertz CT molecular complexity index is 435. The number of hydrogen-bond acceptors (Lipinski definition) is 2. The van der Waals surface area contributed by atoms with Gasteiger partial charge in [0.15, 0.2) is 0 Å². The van der Waals surface area contributed by atoms with Gasteiger partial charge in [-0.1, -0.05) is 49.9 Å². The third-order valence-corrected chi connectivity index (χ3v) is 6.78. The molecule has 2 fully saturated rings. The average molecular weight is 304 g/mol. The Hall–Kier alpha value is -0.470. The van der Waals surface area contributed by atoms with Crippen LogP contribution in [0.1, 0.15) is 74.5 Å². The highest BCUT2D eigenvalue weighted by Gasteiger charge is 2.25. The number of rotatable bonds is 6. The van der Waals surface area contributed by atoms with Gasteiger partial charge in [-0.25, -0.2) is 0 Å². The van der Waals surface area contributed by atoms with Crippen LogP contribution in [0.25, 0.3) is 0 Å². The highest BCUT2D eigenvalue weighted by atomic mass is 32.2. The maximum absolute atomic E-state index is 3.58. The molecule has 0 bridgehead atoms. The number of hydrogen-bond donors (Lipinski definition) is 1. The molecule has 1 unspecified atom stereocenters. The summed E-state index contributed by atoms with van der Waals surface area (Å²) in [5.74, 6) is 2.06. The van der Waals surface area contributed by atoms with Gasteiger partial charge in [0.25, 0.3) is 0 Å². The molecule has 2 heteroatoms. The zero-order chi connectivity index (χ0) is 14.5. The summed E-state index contributed by atoms with van der Waals surface area (Å²) in [6.07, 6.45) is 11.4. The predicted octanol–water partition coefficient (Wildman–Crippen LogP) is 5.28. The Morgan fingerprint density at radius 2 is 1.81 bits per heavy atom. The van der Waals surface area contributed by atoms with E-state index in [0.29, 0.717) is 6.04 Å². The van der Waals surface area contributed by atoms with Crippen LogP contribution in [0, 0.1) is 0 Å². The molecule has 0 saturated heterocycles. The molecule has 1 aromatic rings. The van der Waals surface area contributed by atoms with E-state index in [2.05, 4.69) is 48.4 Å². The van der Waals surface area contributed by atoms with Gasteiger partial charge in [0.1, 0.15) is 0 Å². The van der Waals surface area contributed by atoms with Crippen LogP contribution in [0.3, 0.4) is 0 Å². The second-order valence-electron chi connectivity index (χ2n) is 6.69. The largest absolute Gasteiger partial charge is 0.312 e. The summed E-state index contributed by atoms with van der Waals surface area (Å²) in [5.41, 5.74) is 3.18. The Labute approximate surface area is 134 Å². The maximum atomic E-state index is 3.58. The van der Waals surface area contributed by atoms with E-state index in [1.807, 2.05) is 0 Å². The number of benzene rings is 1. The van der Waals surface area contributed by atoms with Crippen LogP contribution in [0.4, 0.5) is 0 Å². The second-order valence-corrected chi connectivity index (χ2v) is 8.02. The summed E-state index contributed by atoms with van der Waals surface area (Å²) in [7, 11) is 2.13. The number of nitrogens with one attached hydrogen (secondary N) is 1. The Balaban J connectivity index is 1.64. The molecule has 2 aliphatic rings. The van der Waals surface area contributed by atoms with E-state index < -0.39 is 0 Å². The fourth-order valence-electron chi connectivity index (χ4n) is 3.71. The van der Waals surface area contributed by atoms with Gasteiger partial charge >= 0.3 is 0 Å². The normalized spacial score (nSPS) is 22.0. The summed E-state index contributed by atoms with van der Waals surface area (Å²) in [4.78, 5) is 0. The van der Waals surface area contributed by atoms with E-state index >= 15 is 0 Å². The Kier molecular flexibility index (Phi) is 5.65. The van der Waals surface area contributed by atoms with Crippen molar-refractivity contribution in [3.05, 3.63) is 35.4 Å². The average Bonchev–Trinajstić information content (AvgIpc) is 2.49. The minimum absolute atomic E-state index is 0.522. The molecule has 116 valence electrons. The van der Waals surface area contributed by atoms with E-state index in [9.17, 15) is 0 Å². The van der Waals surface area contributed by atoms with E-state index in [-0.39, 0.29) is 0 Å². The molecule has 21 heavy (non-hydrogen) atoms. The standard InChI is InChI=1S/C19H29NS/c1-20-19(14-21-16-10-3-2-4-11-16)18-13-6-5-12-17(18)15-8-7-9-15/h5-6,12-13,15-16,19-20H,2-4,7-11,14H2,1H3. The SMILES string of the molecule is CNC(CSC1CCCCC1)c1ccccc1C1CCC1. The summed E-state index contributed by atoms with van der Waals surface area (Å²) in [6.45, 7) is 0. The van der Waals surface area contributed by atoms with Crippen molar-refractivity contribution in [3.8, 4) is 0 Å². The van der Waals surface area contributed by atoms with Crippen molar-refractivity contribution in [3.63, 3.8) is 0 Å². The van der Waals surface area contributed by atoms with E-state index in [0.717, 1.165) is 11.2 Å². The van der Waals surface area contributed by atoms with Crippen molar-refractivity contribution in [2.45, 2.75) is 68.6 Å². The summed E-state index contributed by atoms with van der Waals surface area (Å²) >= 11 is 2.21. The first-order valence-electron chi connectivity index (χ1n) is 8.76. The topological polar surface area (TPSA) is 12.0 Å². The van der Waals surface area contributed by atoms with Gasteiger partial charge in [-0.15, -0.1) is 0 Å². The fourth-order valence-corrected chi connectivity index (χ4v) is 5.19. The fraction of sp³-hybridized carbons (Fsp3) is 0.684. The molecule has 1 nitrogen and oxygen atoms in total. The van der Waals surface area contributed by atoms with Gasteiger partial charge in [0.05, 0.1) is 0 Å². The molecule has 2 aliphatic carbocycles. The molecule has 1 atom stereocenters. The van der Waals surface area contributed by atoms with Crippen LogP contribution in [0.2, 0.25) is 0 Å². The molecule has 1 aromatic carbocycles. The molecule has 3 rings (SSSR count). The van der Waals surface area contributed by atoms with Gasteiger partial charge in [-0.2, -0.15) is 11.8 Å². The van der Waals surface area contributed by atoms with Crippen LogP contribution in [-0.2, 0) is 0 Å². The van der Waals surface area contributed by atoms with Crippen molar-refractivity contribution in [1.29, 1.82) is 0 Å². The molecular formula is C19H29NS. The minimum atomic E-state index is 0.522. The Morgan fingerprint density at radius 3 is 2.48 bits per heavy atom. The van der Waals surface area contributed by atoms with Crippen LogP contribution in [0.15, 0.2) is 24.3 Å². The zero-order valence-corrected chi connectivity index (χ0v) is 14.1. The smallest absolute Gasteiger partial charge is 0.0412 e. The van der Waals surface area contributed by atoms with E-state index in [4.69, 9.17) is 0 Å². The van der Waals surface area contributed by atoms with Crippen molar-refractivity contribution in [1.82, 2.24) is 5.32 Å². The first-order chi connectivity index (χ1) is 10.4. The van der Waals surface area contributed by atoms with Gasteiger partial charge in [-0.3, -0.25) is 0 Å². The molecule has 0 amide bonds. The number of thioether (sulfide) groups is 1. The lowest BCUT2D eigenvalue weighted by molar-refractivity contribution is 0.414. The zero-order valence-electron chi connectivity index (χ0n) is 13.3. The third-order valence-electron chi connectivity index (χ3n) is 5.32. The van der Waals surface area contributed by atoms with Gasteiger partial charge in [0.2, 0.25) is 0 Å². The van der Waals surface area contributed by atoms with Gasteiger partial charge < -0.3 is 5.32 Å². The van der Waals surface area contributed by atoms with Crippen LogP contribution >= 0.6 is 11.8 Å². The monoisotopic (exact) mass is 303 g/mol. The molecule has 2 saturated carbocycles. The quantitative estimate of drug-likeness (QED) is 0.767. The second kappa shape index (κ2) is 7.69. The molecule has 0 aliphatic heterocycles. The lowest BCUT2D eigenvalue weighted by Crippen LogP contribution is -2.23. The van der Waals surface area contributed by atoms with Crippen LogP contribution in [-0.4, -0.2) is 18.1 Å². The lowest BCUT2D eigenvalue weighted by Gasteiger charge is -2.31. The summed E-state index contributed by atoms with van der Waals surface area (Å²) in [5, 5.41) is 4.49. The van der Waals surface area contributed by atoms with Gasteiger partial charge in [-0.05, 0) is 49.8 Å². The lowest BCUT2D eigenvalue weighted by atomic mass is 9.77. The van der Waals surface area contributed by atoms with Crippen LogP contribution in [0.5, 0.6) is 0 Å². The predicted molar refractivity (Wildman–Crippen MR) is 94.2 cm³/mol. The third kappa shape index (κ3) is 3.84. The van der Waals surface area contributed by atoms with Crippen molar-refractivity contribution < 1.29 is 0 Å². The summed E-state index contributed by atoms with van der Waals surface area (Å²) in [6, 6.07) is 9.68. The molecular weight excluding hydrogens is 274 g/mol. The van der Waals surface area contributed by atoms with Crippen molar-refractivity contribution in [2.24, 2.45) is 0 Å². The van der Waals surface area contributed by atoms with E-state index in [1.165, 1.54) is 57.1 Å².